The molecule has 166 valence electrons. The first kappa shape index (κ1) is 21.8. The highest BCUT2D eigenvalue weighted by Gasteiger charge is 2.17. The molecule has 6 heteroatoms. The van der Waals surface area contributed by atoms with E-state index in [0.29, 0.717) is 18.0 Å². The number of benzene rings is 2. The van der Waals surface area contributed by atoms with E-state index in [4.69, 9.17) is 9.47 Å². The first-order valence-corrected chi connectivity index (χ1v) is 11.0. The molecule has 1 aliphatic rings. The van der Waals surface area contributed by atoms with Gasteiger partial charge in [-0.2, -0.15) is 5.10 Å². The molecule has 1 atom stereocenters. The van der Waals surface area contributed by atoms with Crippen molar-refractivity contribution in [3.05, 3.63) is 77.1 Å². The molecule has 1 saturated heterocycles. The molecule has 1 N–H and O–H groups in total. The van der Waals surface area contributed by atoms with Crippen LogP contribution < -0.4 is 10.1 Å². The van der Waals surface area contributed by atoms with Gasteiger partial charge in [0.1, 0.15) is 12.4 Å². The van der Waals surface area contributed by atoms with Crippen LogP contribution in [0.3, 0.4) is 0 Å². The highest BCUT2D eigenvalue weighted by atomic mass is 16.5. The van der Waals surface area contributed by atoms with Crippen LogP contribution in [-0.2, 0) is 9.53 Å². The van der Waals surface area contributed by atoms with Crippen LogP contribution in [0.1, 0.15) is 35.4 Å². The van der Waals surface area contributed by atoms with Gasteiger partial charge in [0.05, 0.1) is 23.2 Å². The summed E-state index contributed by atoms with van der Waals surface area (Å²) in [6, 6.07) is 15.7. The minimum Gasteiger partial charge on any atom is -0.489 e. The Morgan fingerprint density at radius 2 is 2.03 bits per heavy atom. The Labute approximate surface area is 188 Å². The normalized spacial score (nSPS) is 15.9. The maximum Gasteiger partial charge on any atom is 0.248 e. The van der Waals surface area contributed by atoms with Crippen molar-refractivity contribution in [1.82, 2.24) is 9.78 Å². The van der Waals surface area contributed by atoms with Gasteiger partial charge in [-0.25, -0.2) is 4.68 Å². The van der Waals surface area contributed by atoms with E-state index in [-0.39, 0.29) is 12.0 Å². The van der Waals surface area contributed by atoms with E-state index in [2.05, 4.69) is 10.4 Å². The lowest BCUT2D eigenvalue weighted by Crippen LogP contribution is -2.17. The van der Waals surface area contributed by atoms with Gasteiger partial charge in [0.15, 0.2) is 0 Å². The Balaban J connectivity index is 1.47. The summed E-state index contributed by atoms with van der Waals surface area (Å²) >= 11 is 0. The monoisotopic (exact) mass is 431 g/mol. The maximum atomic E-state index is 12.7. The molecule has 32 heavy (non-hydrogen) atoms. The van der Waals surface area contributed by atoms with Crippen LogP contribution >= 0.6 is 0 Å². The minimum absolute atomic E-state index is 0.117. The van der Waals surface area contributed by atoms with Gasteiger partial charge < -0.3 is 14.8 Å². The number of para-hydroxylation sites is 1. The van der Waals surface area contributed by atoms with Crippen LogP contribution in [0.25, 0.3) is 11.8 Å². The highest BCUT2D eigenvalue weighted by Crippen LogP contribution is 2.27. The van der Waals surface area contributed by atoms with E-state index in [1.807, 2.05) is 80.1 Å². The minimum atomic E-state index is -0.220. The molecular weight excluding hydrogens is 402 g/mol. The second-order valence-electron chi connectivity index (χ2n) is 8.10. The number of anilines is 1. The number of aryl methyl sites for hydroxylation is 2. The number of hydrogen-bond acceptors (Lipinski definition) is 4. The molecule has 1 aromatic heterocycles. The van der Waals surface area contributed by atoms with E-state index in [0.717, 1.165) is 47.7 Å². The molecule has 6 nitrogen and oxygen atoms in total. The summed E-state index contributed by atoms with van der Waals surface area (Å²) in [6.07, 6.45) is 5.54. The average Bonchev–Trinajstić information content (AvgIpc) is 3.41. The van der Waals surface area contributed by atoms with Crippen LogP contribution in [0.2, 0.25) is 0 Å². The lowest BCUT2D eigenvalue weighted by Gasteiger charge is -2.15. The zero-order valence-corrected chi connectivity index (χ0v) is 18.8. The summed E-state index contributed by atoms with van der Waals surface area (Å²) in [5.74, 6) is 0.439. The van der Waals surface area contributed by atoms with Gasteiger partial charge in [-0.05, 0) is 69.5 Å². The van der Waals surface area contributed by atoms with Crippen molar-refractivity contribution in [3.8, 4) is 11.4 Å². The van der Waals surface area contributed by atoms with E-state index in [1.165, 1.54) is 6.08 Å². The number of aromatic nitrogens is 2. The summed E-state index contributed by atoms with van der Waals surface area (Å²) < 4.78 is 13.5. The lowest BCUT2D eigenvalue weighted by atomic mass is 10.1. The molecule has 1 unspecified atom stereocenters. The summed E-state index contributed by atoms with van der Waals surface area (Å²) in [5, 5.41) is 7.57. The molecular formula is C26H29N3O3. The number of rotatable bonds is 7. The summed E-state index contributed by atoms with van der Waals surface area (Å²) in [7, 11) is 0. The molecule has 0 aliphatic carbocycles. The maximum absolute atomic E-state index is 12.7. The summed E-state index contributed by atoms with van der Waals surface area (Å²) in [5.41, 5.74) is 5.49. The van der Waals surface area contributed by atoms with Crippen LogP contribution in [0.5, 0.6) is 5.75 Å². The quantitative estimate of drug-likeness (QED) is 0.534. The first-order valence-electron chi connectivity index (χ1n) is 11.0. The summed E-state index contributed by atoms with van der Waals surface area (Å²) in [4.78, 5) is 12.7. The van der Waals surface area contributed by atoms with Crippen molar-refractivity contribution in [3.63, 3.8) is 0 Å². The van der Waals surface area contributed by atoms with Crippen molar-refractivity contribution < 1.29 is 14.3 Å². The van der Waals surface area contributed by atoms with Crippen LogP contribution in [0.15, 0.2) is 54.6 Å². The molecule has 1 amide bonds. The molecule has 0 saturated carbocycles. The molecule has 0 radical (unpaired) electrons. The number of hydrogen-bond donors (Lipinski definition) is 1. The Bertz CT molecular complexity index is 1110. The Morgan fingerprint density at radius 1 is 1.22 bits per heavy atom. The second-order valence-corrected chi connectivity index (χ2v) is 8.10. The molecule has 2 aromatic carbocycles. The SMILES string of the molecule is Cc1ccc(NC(=O)/C=C/c2c(C)nn(-c3ccccc3)c2C)c(OCC2CCCO2)c1. The highest BCUT2D eigenvalue weighted by molar-refractivity contribution is 6.03. The largest absolute Gasteiger partial charge is 0.489 e. The van der Waals surface area contributed by atoms with E-state index in [1.54, 1.807) is 0 Å². The van der Waals surface area contributed by atoms with Gasteiger partial charge in [-0.15, -0.1) is 0 Å². The van der Waals surface area contributed by atoms with Gasteiger partial charge in [0, 0.05) is 23.9 Å². The Kier molecular flexibility index (Phi) is 6.71. The number of carbonyl (C=O) groups excluding carboxylic acids is 1. The third-order valence-corrected chi connectivity index (χ3v) is 5.59. The lowest BCUT2D eigenvalue weighted by molar-refractivity contribution is -0.111. The summed E-state index contributed by atoms with van der Waals surface area (Å²) in [6.45, 7) is 7.22. The zero-order chi connectivity index (χ0) is 22.5. The third-order valence-electron chi connectivity index (χ3n) is 5.59. The van der Waals surface area contributed by atoms with E-state index in [9.17, 15) is 4.79 Å². The third kappa shape index (κ3) is 5.08. The molecule has 3 aromatic rings. The van der Waals surface area contributed by atoms with Gasteiger partial charge in [-0.1, -0.05) is 24.3 Å². The Morgan fingerprint density at radius 3 is 2.78 bits per heavy atom. The zero-order valence-electron chi connectivity index (χ0n) is 18.8. The van der Waals surface area contributed by atoms with Crippen molar-refractivity contribution in [2.45, 2.75) is 39.7 Å². The van der Waals surface area contributed by atoms with Gasteiger partial charge >= 0.3 is 0 Å². The van der Waals surface area contributed by atoms with Gasteiger partial charge in [0.2, 0.25) is 5.91 Å². The predicted octanol–water partition coefficient (Wildman–Crippen LogP) is 5.01. The van der Waals surface area contributed by atoms with Crippen molar-refractivity contribution in [2.75, 3.05) is 18.5 Å². The van der Waals surface area contributed by atoms with Crippen LogP contribution in [0.4, 0.5) is 5.69 Å². The van der Waals surface area contributed by atoms with Gasteiger partial charge in [-0.3, -0.25) is 4.79 Å². The average molecular weight is 432 g/mol. The van der Waals surface area contributed by atoms with E-state index >= 15 is 0 Å². The fourth-order valence-electron chi connectivity index (χ4n) is 3.86. The predicted molar refractivity (Wildman–Crippen MR) is 126 cm³/mol. The van der Waals surface area contributed by atoms with Crippen LogP contribution in [-0.4, -0.2) is 35.0 Å². The van der Waals surface area contributed by atoms with Crippen molar-refractivity contribution in [2.24, 2.45) is 0 Å². The van der Waals surface area contributed by atoms with E-state index < -0.39 is 0 Å². The topological polar surface area (TPSA) is 65.4 Å². The second kappa shape index (κ2) is 9.83. The number of nitrogens with one attached hydrogen (secondary N) is 1. The molecule has 1 aliphatic heterocycles. The van der Waals surface area contributed by atoms with Crippen LogP contribution in [0, 0.1) is 20.8 Å². The molecule has 0 spiro atoms. The van der Waals surface area contributed by atoms with Crippen molar-refractivity contribution in [1.29, 1.82) is 0 Å². The Hall–Kier alpha value is -3.38. The number of amides is 1. The standard InChI is InChI=1S/C26H29N3O3/c1-18-11-13-24(25(16-18)32-17-22-10-7-15-31-22)27-26(30)14-12-23-19(2)28-29(20(23)3)21-8-5-4-6-9-21/h4-6,8-9,11-14,16,22H,7,10,15,17H2,1-3H3,(H,27,30)/b14-12+. The fraction of sp³-hybridized carbons (Fsp3) is 0.308. The number of carbonyl (C=O) groups is 1. The first-order chi connectivity index (χ1) is 15.5. The molecule has 2 heterocycles. The van der Waals surface area contributed by atoms with Gasteiger partial charge in [0.25, 0.3) is 0 Å². The molecule has 1 fully saturated rings. The van der Waals surface area contributed by atoms with Crippen molar-refractivity contribution >= 4 is 17.7 Å². The fourth-order valence-corrected chi connectivity index (χ4v) is 3.86. The number of nitrogens with zero attached hydrogens (tertiary/aromatic N) is 2. The smallest absolute Gasteiger partial charge is 0.248 e. The molecule has 0 bridgehead atoms. The molecule has 4 rings (SSSR count). The number of ether oxygens (including phenoxy) is 2.